The number of nitrogens with zero attached hydrogens (tertiary/aromatic N) is 3. The topological polar surface area (TPSA) is 67.2 Å². The Balaban J connectivity index is 1.58. The summed E-state index contributed by atoms with van der Waals surface area (Å²) >= 11 is 5.03. The Morgan fingerprint density at radius 2 is 2.19 bits per heavy atom. The smallest absolute Gasteiger partial charge is 0.253 e. The Hall–Kier alpha value is -2.45. The molecule has 0 spiro atoms. The monoisotopic (exact) mass is 446 g/mol. The molecule has 2 amide bonds. The minimum absolute atomic E-state index is 0.0889. The first-order chi connectivity index (χ1) is 13.0. The van der Waals surface area contributed by atoms with Crippen LogP contribution in [-0.4, -0.2) is 33.3 Å². The highest BCUT2D eigenvalue weighted by Gasteiger charge is 2.14. The van der Waals surface area contributed by atoms with Crippen LogP contribution in [0.1, 0.15) is 21.7 Å². The maximum Gasteiger partial charge on any atom is 0.253 e. The van der Waals surface area contributed by atoms with Crippen molar-refractivity contribution in [1.82, 2.24) is 14.5 Å². The Labute approximate surface area is 170 Å². The fourth-order valence-electron chi connectivity index (χ4n) is 2.57. The van der Waals surface area contributed by atoms with E-state index < -0.39 is 0 Å². The van der Waals surface area contributed by atoms with E-state index in [-0.39, 0.29) is 11.8 Å². The first-order valence-corrected chi connectivity index (χ1v) is 10.0. The maximum atomic E-state index is 12.7. The Kier molecular flexibility index (Phi) is 6.41. The minimum Gasteiger partial charge on any atom is -0.337 e. The first kappa shape index (κ1) is 19.3. The van der Waals surface area contributed by atoms with Crippen molar-refractivity contribution in [3.63, 3.8) is 0 Å². The molecule has 8 heteroatoms. The van der Waals surface area contributed by atoms with Gasteiger partial charge in [-0.25, -0.2) is 4.98 Å². The number of benzene rings is 1. The lowest BCUT2D eigenvalue weighted by molar-refractivity contribution is -0.116. The summed E-state index contributed by atoms with van der Waals surface area (Å²) in [6.07, 6.45) is 5.50. The Morgan fingerprint density at radius 1 is 1.33 bits per heavy atom. The summed E-state index contributed by atoms with van der Waals surface area (Å²) in [4.78, 5) is 31.5. The van der Waals surface area contributed by atoms with E-state index in [1.165, 1.54) is 0 Å². The fraction of sp³-hybridized carbons (Fsp3) is 0.211. The molecule has 0 aliphatic rings. The van der Waals surface area contributed by atoms with Gasteiger partial charge in [0.15, 0.2) is 0 Å². The van der Waals surface area contributed by atoms with Crippen LogP contribution in [0.25, 0.3) is 0 Å². The van der Waals surface area contributed by atoms with Gasteiger partial charge in [0.05, 0.1) is 12.9 Å². The summed E-state index contributed by atoms with van der Waals surface area (Å²) in [5.74, 6) is -0.195. The van der Waals surface area contributed by atoms with Crippen LogP contribution in [0.4, 0.5) is 5.69 Å². The predicted molar refractivity (Wildman–Crippen MR) is 110 cm³/mol. The second-order valence-corrected chi connectivity index (χ2v) is 7.98. The number of imidazole rings is 1. The molecular weight excluding hydrogens is 428 g/mol. The molecule has 0 unspecified atom stereocenters. The van der Waals surface area contributed by atoms with E-state index in [9.17, 15) is 9.59 Å². The molecule has 27 heavy (non-hydrogen) atoms. The number of nitrogens with one attached hydrogen (secondary N) is 1. The quantitative estimate of drug-likeness (QED) is 0.595. The molecule has 0 saturated carbocycles. The third-order valence-electron chi connectivity index (χ3n) is 3.91. The highest BCUT2D eigenvalue weighted by Crippen LogP contribution is 2.21. The molecule has 0 bridgehead atoms. The van der Waals surface area contributed by atoms with Gasteiger partial charge in [-0.1, -0.05) is 6.07 Å². The van der Waals surface area contributed by atoms with E-state index in [0.29, 0.717) is 30.8 Å². The van der Waals surface area contributed by atoms with Crippen LogP contribution >= 0.6 is 27.3 Å². The van der Waals surface area contributed by atoms with E-state index in [1.807, 2.05) is 22.2 Å². The number of halogens is 1. The number of aromatic nitrogens is 2. The lowest BCUT2D eigenvalue weighted by Gasteiger charge is -2.17. The van der Waals surface area contributed by atoms with Gasteiger partial charge in [0, 0.05) is 58.4 Å². The maximum absolute atomic E-state index is 12.7. The van der Waals surface area contributed by atoms with Gasteiger partial charge in [0.1, 0.15) is 0 Å². The minimum atomic E-state index is -0.106. The normalized spacial score (nSPS) is 10.6. The van der Waals surface area contributed by atoms with Crippen molar-refractivity contribution in [2.45, 2.75) is 19.5 Å². The van der Waals surface area contributed by atoms with Crippen molar-refractivity contribution in [2.24, 2.45) is 0 Å². The number of carbonyl (C=O) groups is 2. The van der Waals surface area contributed by atoms with E-state index >= 15 is 0 Å². The second-order valence-electron chi connectivity index (χ2n) is 6.07. The molecule has 1 N–H and O–H groups in total. The number of aryl methyl sites for hydroxylation is 1. The van der Waals surface area contributed by atoms with E-state index in [0.717, 1.165) is 9.35 Å². The average molecular weight is 447 g/mol. The van der Waals surface area contributed by atoms with Gasteiger partial charge in [0.25, 0.3) is 5.91 Å². The molecule has 140 valence electrons. The summed E-state index contributed by atoms with van der Waals surface area (Å²) in [6.45, 7) is 1.10. The van der Waals surface area contributed by atoms with Gasteiger partial charge in [0.2, 0.25) is 5.91 Å². The number of hydrogen-bond donors (Lipinski definition) is 1. The van der Waals surface area contributed by atoms with Crippen LogP contribution in [0.5, 0.6) is 0 Å². The second kappa shape index (κ2) is 8.96. The van der Waals surface area contributed by atoms with Crippen LogP contribution in [0.3, 0.4) is 0 Å². The van der Waals surface area contributed by atoms with Crippen LogP contribution in [0.2, 0.25) is 0 Å². The lowest BCUT2D eigenvalue weighted by Crippen LogP contribution is -2.26. The number of hydrogen-bond acceptors (Lipinski definition) is 4. The summed E-state index contributed by atoms with van der Waals surface area (Å²) in [6, 6.07) is 9.02. The average Bonchev–Trinajstić information content (AvgIpc) is 3.31. The number of amides is 2. The molecular formula is C19H19BrN4O2S. The SMILES string of the molecule is CN(Cc1cc(Br)cs1)C(=O)c1cccc(NC(=O)CCn2ccnc2)c1. The van der Waals surface area contributed by atoms with Crippen LogP contribution < -0.4 is 5.32 Å². The number of rotatable bonds is 7. The largest absolute Gasteiger partial charge is 0.337 e. The molecule has 0 saturated heterocycles. The van der Waals surface area contributed by atoms with E-state index in [4.69, 9.17) is 0 Å². The van der Waals surface area contributed by atoms with Crippen LogP contribution in [-0.2, 0) is 17.9 Å². The van der Waals surface area contributed by atoms with Gasteiger partial charge >= 0.3 is 0 Å². The van der Waals surface area contributed by atoms with Crippen molar-refractivity contribution in [2.75, 3.05) is 12.4 Å². The zero-order valence-corrected chi connectivity index (χ0v) is 17.2. The zero-order chi connectivity index (χ0) is 19.2. The third-order valence-corrected chi connectivity index (χ3v) is 5.59. The molecule has 1 aromatic carbocycles. The van der Waals surface area contributed by atoms with Crippen LogP contribution in [0, 0.1) is 0 Å². The predicted octanol–water partition coefficient (Wildman–Crippen LogP) is 4.01. The fourth-order valence-corrected chi connectivity index (χ4v) is 4.07. The molecule has 0 aliphatic heterocycles. The van der Waals surface area contributed by atoms with Crippen molar-refractivity contribution in [1.29, 1.82) is 0 Å². The molecule has 2 heterocycles. The van der Waals surface area contributed by atoms with Crippen molar-refractivity contribution >= 4 is 44.8 Å². The first-order valence-electron chi connectivity index (χ1n) is 8.35. The molecule has 3 aromatic rings. The van der Waals surface area contributed by atoms with Gasteiger partial charge in [-0.2, -0.15) is 0 Å². The molecule has 2 aromatic heterocycles. The van der Waals surface area contributed by atoms with Crippen molar-refractivity contribution < 1.29 is 9.59 Å². The number of thiophene rings is 1. The summed E-state index contributed by atoms with van der Waals surface area (Å²) in [7, 11) is 1.77. The highest BCUT2D eigenvalue weighted by molar-refractivity contribution is 9.10. The lowest BCUT2D eigenvalue weighted by atomic mass is 10.1. The van der Waals surface area contributed by atoms with Crippen LogP contribution in [0.15, 0.2) is 58.9 Å². The summed E-state index contributed by atoms with van der Waals surface area (Å²) in [5.41, 5.74) is 1.16. The Bertz CT molecular complexity index is 923. The van der Waals surface area contributed by atoms with E-state index in [2.05, 4.69) is 26.2 Å². The highest BCUT2D eigenvalue weighted by atomic mass is 79.9. The van der Waals surface area contributed by atoms with Gasteiger partial charge in [-0.05, 0) is 40.2 Å². The van der Waals surface area contributed by atoms with E-state index in [1.54, 1.807) is 60.1 Å². The Morgan fingerprint density at radius 3 is 2.89 bits per heavy atom. The standard InChI is InChI=1S/C19H19BrN4O2S/c1-23(11-17-10-15(20)12-27-17)19(26)14-3-2-4-16(9-14)22-18(25)5-7-24-8-6-21-13-24/h2-4,6,8-10,12-13H,5,7,11H2,1H3,(H,22,25). The molecule has 3 rings (SSSR count). The van der Waals surface area contributed by atoms with Crippen molar-refractivity contribution in [3.8, 4) is 0 Å². The molecule has 0 atom stereocenters. The van der Waals surface area contributed by atoms with Gasteiger partial charge < -0.3 is 14.8 Å². The van der Waals surface area contributed by atoms with Crippen molar-refractivity contribution in [3.05, 3.63) is 69.3 Å². The third kappa shape index (κ3) is 5.51. The zero-order valence-electron chi connectivity index (χ0n) is 14.8. The summed E-state index contributed by atoms with van der Waals surface area (Å²) < 4.78 is 2.86. The molecule has 0 radical (unpaired) electrons. The summed E-state index contributed by atoms with van der Waals surface area (Å²) in [5, 5.41) is 4.84. The van der Waals surface area contributed by atoms with Gasteiger partial charge in [-0.15, -0.1) is 11.3 Å². The number of anilines is 1. The molecule has 0 aliphatic carbocycles. The molecule has 0 fully saturated rings. The van der Waals surface area contributed by atoms with Gasteiger partial charge in [-0.3, -0.25) is 9.59 Å². The number of carbonyl (C=O) groups excluding carboxylic acids is 2. The molecule has 6 nitrogen and oxygen atoms in total.